The molecule has 1 nitrogen and oxygen atoms in total. The Morgan fingerprint density at radius 1 is 1.05 bits per heavy atom. The molecule has 0 radical (unpaired) electrons. The Balaban J connectivity index is 1.69. The Bertz CT molecular complexity index is 783. The van der Waals surface area contributed by atoms with E-state index < -0.39 is 0 Å². The zero-order chi connectivity index (χ0) is 14.4. The van der Waals surface area contributed by atoms with Crippen LogP contribution in [0.2, 0.25) is 0 Å². The molecule has 0 bridgehead atoms. The van der Waals surface area contributed by atoms with Gasteiger partial charge in [-0.15, -0.1) is 11.3 Å². The van der Waals surface area contributed by atoms with Gasteiger partial charge in [-0.2, -0.15) is 0 Å². The van der Waals surface area contributed by atoms with Crippen LogP contribution in [0.4, 0.5) is 0 Å². The molecule has 1 aromatic heterocycles. The molecule has 3 aromatic rings. The maximum Gasteiger partial charge on any atom is 0.0488 e. The molecule has 1 aliphatic carbocycles. The Morgan fingerprint density at radius 3 is 2.48 bits per heavy atom. The first kappa shape index (κ1) is 13.5. The molecule has 3 heteroatoms. The first-order chi connectivity index (χ1) is 10.2. The van der Waals surface area contributed by atoms with E-state index in [0.717, 1.165) is 17.3 Å². The van der Waals surface area contributed by atoms with Gasteiger partial charge in [-0.25, -0.2) is 0 Å². The third-order valence-corrected chi connectivity index (χ3v) is 6.50. The molecule has 1 aliphatic rings. The zero-order valence-corrected chi connectivity index (χ0v) is 14.0. The van der Waals surface area contributed by atoms with Crippen LogP contribution < -0.4 is 5.73 Å². The van der Waals surface area contributed by atoms with Crippen molar-refractivity contribution in [2.75, 3.05) is 0 Å². The Hall–Kier alpha value is -1.16. The lowest BCUT2D eigenvalue weighted by atomic mass is 9.91. The number of halogens is 1. The fourth-order valence-corrected chi connectivity index (χ4v) is 5.07. The number of hydrogen-bond acceptors (Lipinski definition) is 2. The zero-order valence-electron chi connectivity index (χ0n) is 11.6. The maximum atomic E-state index is 6.63. The van der Waals surface area contributed by atoms with Gasteiger partial charge >= 0.3 is 0 Å². The molecule has 0 saturated carbocycles. The van der Waals surface area contributed by atoms with E-state index in [0.29, 0.717) is 5.92 Å². The largest absolute Gasteiger partial charge is 0.324 e. The highest BCUT2D eigenvalue weighted by Gasteiger charge is 2.28. The highest BCUT2D eigenvalue weighted by atomic mass is 79.9. The molecule has 1 unspecified atom stereocenters. The second-order valence-corrected chi connectivity index (χ2v) is 7.50. The van der Waals surface area contributed by atoms with Crippen LogP contribution in [0.15, 0.2) is 52.3 Å². The summed E-state index contributed by atoms with van der Waals surface area (Å²) in [5, 5.41) is 3.54. The van der Waals surface area contributed by atoms with E-state index in [4.69, 9.17) is 5.73 Å². The van der Waals surface area contributed by atoms with Gasteiger partial charge < -0.3 is 5.73 Å². The monoisotopic (exact) mass is 357 g/mol. The van der Waals surface area contributed by atoms with Crippen molar-refractivity contribution in [2.24, 2.45) is 11.7 Å². The smallest absolute Gasteiger partial charge is 0.0488 e. The summed E-state index contributed by atoms with van der Waals surface area (Å²) in [6, 6.07) is 15.2. The highest BCUT2D eigenvalue weighted by molar-refractivity contribution is 9.10. The van der Waals surface area contributed by atoms with Gasteiger partial charge in [0, 0.05) is 15.2 Å². The molecule has 4 rings (SSSR count). The van der Waals surface area contributed by atoms with Gasteiger partial charge in [0.1, 0.15) is 0 Å². The van der Waals surface area contributed by atoms with Crippen molar-refractivity contribution < 1.29 is 0 Å². The minimum absolute atomic E-state index is 0.112. The summed E-state index contributed by atoms with van der Waals surface area (Å²) in [4.78, 5) is 0. The molecule has 0 fully saturated rings. The van der Waals surface area contributed by atoms with Crippen LogP contribution >= 0.6 is 27.3 Å². The van der Waals surface area contributed by atoms with E-state index in [2.05, 4.69) is 63.8 Å². The summed E-state index contributed by atoms with van der Waals surface area (Å²) < 4.78 is 2.47. The number of benzene rings is 2. The molecule has 0 amide bonds. The number of hydrogen-bond donors (Lipinski definition) is 1. The lowest BCUT2D eigenvalue weighted by Gasteiger charge is -2.18. The lowest BCUT2D eigenvalue weighted by Crippen LogP contribution is -2.21. The molecule has 21 heavy (non-hydrogen) atoms. The fraction of sp³-hybridized carbons (Fsp3) is 0.222. The predicted octanol–water partition coefficient (Wildman–Crippen LogP) is 5.08. The fourth-order valence-electron chi connectivity index (χ4n) is 3.40. The molecule has 1 heterocycles. The van der Waals surface area contributed by atoms with Gasteiger partial charge in [0.25, 0.3) is 0 Å². The topological polar surface area (TPSA) is 26.0 Å². The van der Waals surface area contributed by atoms with Crippen LogP contribution in [-0.4, -0.2) is 0 Å². The van der Waals surface area contributed by atoms with Gasteiger partial charge in [0.15, 0.2) is 0 Å². The van der Waals surface area contributed by atoms with Gasteiger partial charge in [-0.1, -0.05) is 36.4 Å². The van der Waals surface area contributed by atoms with Crippen molar-refractivity contribution in [3.63, 3.8) is 0 Å². The molecule has 106 valence electrons. The van der Waals surface area contributed by atoms with Crippen LogP contribution in [0.1, 0.15) is 22.7 Å². The Labute approximate surface area is 136 Å². The van der Waals surface area contributed by atoms with Crippen molar-refractivity contribution in [2.45, 2.75) is 18.9 Å². The molecule has 1 atom stereocenters. The summed E-state index contributed by atoms with van der Waals surface area (Å²) in [5.41, 5.74) is 10.9. The maximum absolute atomic E-state index is 6.63. The minimum Gasteiger partial charge on any atom is -0.324 e. The lowest BCUT2D eigenvalue weighted by molar-refractivity contribution is 0.457. The van der Waals surface area contributed by atoms with Gasteiger partial charge in [0.05, 0.1) is 0 Å². The predicted molar refractivity (Wildman–Crippen MR) is 93.8 cm³/mol. The quantitative estimate of drug-likeness (QED) is 0.679. The molecular weight excluding hydrogens is 342 g/mol. The summed E-state index contributed by atoms with van der Waals surface area (Å²) in [6.07, 6.45) is 2.20. The molecular formula is C18H16BrNS. The first-order valence-corrected chi connectivity index (χ1v) is 8.89. The number of nitrogens with two attached hydrogens (primary N) is 1. The van der Waals surface area contributed by atoms with Gasteiger partial charge in [-0.05, 0) is 68.2 Å². The summed E-state index contributed by atoms with van der Waals surface area (Å²) in [7, 11) is 0. The van der Waals surface area contributed by atoms with Crippen LogP contribution in [0, 0.1) is 5.92 Å². The second-order valence-electron chi connectivity index (χ2n) is 5.77. The van der Waals surface area contributed by atoms with Crippen molar-refractivity contribution in [3.05, 3.63) is 69.0 Å². The first-order valence-electron chi connectivity index (χ1n) is 7.22. The van der Waals surface area contributed by atoms with E-state index in [1.807, 2.05) is 0 Å². The minimum atomic E-state index is 0.112. The molecule has 2 N–H and O–H groups in total. The van der Waals surface area contributed by atoms with Crippen LogP contribution in [-0.2, 0) is 12.8 Å². The van der Waals surface area contributed by atoms with Crippen molar-refractivity contribution in [1.82, 2.24) is 0 Å². The normalized spacial score (nSPS) is 16.3. The van der Waals surface area contributed by atoms with Crippen LogP contribution in [0.3, 0.4) is 0 Å². The van der Waals surface area contributed by atoms with Crippen LogP contribution in [0.5, 0.6) is 0 Å². The summed E-state index contributed by atoms with van der Waals surface area (Å²) in [6.45, 7) is 0. The SMILES string of the molecule is NC(c1csc2c(Br)cccc12)C1Cc2ccccc2C1. The Kier molecular flexibility index (Phi) is 3.37. The number of rotatable bonds is 2. The number of fused-ring (bicyclic) bond motifs is 2. The average molecular weight is 358 g/mol. The van der Waals surface area contributed by atoms with E-state index in [9.17, 15) is 0 Å². The third kappa shape index (κ3) is 2.24. The van der Waals surface area contributed by atoms with E-state index in [-0.39, 0.29) is 6.04 Å². The van der Waals surface area contributed by atoms with Gasteiger partial charge in [0.2, 0.25) is 0 Å². The van der Waals surface area contributed by atoms with Crippen LogP contribution in [0.25, 0.3) is 10.1 Å². The summed E-state index contributed by atoms with van der Waals surface area (Å²) >= 11 is 5.42. The molecule has 0 spiro atoms. The van der Waals surface area contributed by atoms with Crippen molar-refractivity contribution in [3.8, 4) is 0 Å². The highest BCUT2D eigenvalue weighted by Crippen LogP contribution is 2.40. The molecule has 0 saturated heterocycles. The Morgan fingerprint density at radius 2 is 1.76 bits per heavy atom. The van der Waals surface area contributed by atoms with Crippen molar-refractivity contribution in [1.29, 1.82) is 0 Å². The van der Waals surface area contributed by atoms with E-state index in [1.54, 1.807) is 11.3 Å². The summed E-state index contributed by atoms with van der Waals surface area (Å²) in [5.74, 6) is 0.513. The standard InChI is InChI=1S/C18H16BrNS/c19-16-7-3-6-14-15(10-21-18(14)16)17(20)13-8-11-4-1-2-5-12(11)9-13/h1-7,10,13,17H,8-9,20H2. The van der Waals surface area contributed by atoms with Crippen molar-refractivity contribution >= 4 is 37.4 Å². The third-order valence-electron chi connectivity index (χ3n) is 4.53. The average Bonchev–Trinajstić information content (AvgIpc) is 3.11. The molecule has 0 aliphatic heterocycles. The van der Waals surface area contributed by atoms with Gasteiger partial charge in [-0.3, -0.25) is 0 Å². The second kappa shape index (κ2) is 5.24. The van der Waals surface area contributed by atoms with E-state index in [1.165, 1.54) is 26.8 Å². The number of thiophene rings is 1. The van der Waals surface area contributed by atoms with E-state index >= 15 is 0 Å². The molecule has 2 aromatic carbocycles.